The van der Waals surface area contributed by atoms with Crippen LogP contribution in [0.5, 0.6) is 0 Å². The number of rotatable bonds is 1. The first kappa shape index (κ1) is 8.71. The summed E-state index contributed by atoms with van der Waals surface area (Å²) in [5, 5.41) is 9.07. The van der Waals surface area contributed by atoms with Gasteiger partial charge in [0.05, 0.1) is 17.6 Å². The van der Waals surface area contributed by atoms with Crippen molar-refractivity contribution < 1.29 is 9.53 Å². The van der Waals surface area contributed by atoms with Gasteiger partial charge in [-0.15, -0.1) is 0 Å². The van der Waals surface area contributed by atoms with Crippen molar-refractivity contribution in [1.29, 1.82) is 5.26 Å². The fourth-order valence-corrected chi connectivity index (χ4v) is 2.53. The maximum absolute atomic E-state index is 10.9. The Morgan fingerprint density at radius 2 is 2.31 bits per heavy atom. The summed E-state index contributed by atoms with van der Waals surface area (Å²) in [7, 11) is 0. The van der Waals surface area contributed by atoms with Crippen molar-refractivity contribution in [2.75, 3.05) is 6.61 Å². The zero-order chi connectivity index (χ0) is 9.47. The summed E-state index contributed by atoms with van der Waals surface area (Å²) in [6, 6.07) is 2.32. The molecule has 1 saturated heterocycles. The van der Waals surface area contributed by atoms with E-state index < -0.39 is 0 Å². The Morgan fingerprint density at radius 1 is 1.62 bits per heavy atom. The monoisotopic (exact) mass is 179 g/mol. The molecule has 3 heteroatoms. The number of ketones is 1. The second kappa shape index (κ2) is 2.81. The van der Waals surface area contributed by atoms with Crippen molar-refractivity contribution in [2.24, 2.45) is 11.3 Å². The fraction of sp³-hybridized carbons (Fsp3) is 0.800. The lowest BCUT2D eigenvalue weighted by Crippen LogP contribution is -2.45. The van der Waals surface area contributed by atoms with Crippen molar-refractivity contribution in [3.8, 4) is 6.07 Å². The van der Waals surface area contributed by atoms with Crippen LogP contribution in [0.1, 0.15) is 26.2 Å². The van der Waals surface area contributed by atoms with Crippen LogP contribution in [0.2, 0.25) is 0 Å². The van der Waals surface area contributed by atoms with E-state index in [-0.39, 0.29) is 23.2 Å². The summed E-state index contributed by atoms with van der Waals surface area (Å²) in [5.41, 5.74) is -0.382. The quantitative estimate of drug-likeness (QED) is 0.609. The minimum absolute atomic E-state index is 0.146. The molecule has 0 N–H and O–H groups in total. The van der Waals surface area contributed by atoms with Crippen LogP contribution in [-0.2, 0) is 9.53 Å². The van der Waals surface area contributed by atoms with Gasteiger partial charge >= 0.3 is 0 Å². The van der Waals surface area contributed by atoms with Crippen LogP contribution in [0.15, 0.2) is 0 Å². The molecule has 3 nitrogen and oxygen atoms in total. The van der Waals surface area contributed by atoms with Crippen molar-refractivity contribution in [3.63, 3.8) is 0 Å². The molecule has 2 unspecified atom stereocenters. The van der Waals surface area contributed by atoms with Crippen LogP contribution in [-0.4, -0.2) is 18.5 Å². The van der Waals surface area contributed by atoms with Crippen molar-refractivity contribution in [3.05, 3.63) is 0 Å². The number of nitrogens with zero attached hydrogens (tertiary/aromatic N) is 1. The van der Waals surface area contributed by atoms with Crippen LogP contribution in [0.25, 0.3) is 0 Å². The molecule has 0 aromatic carbocycles. The van der Waals surface area contributed by atoms with E-state index in [1.165, 1.54) is 0 Å². The molecule has 0 aromatic rings. The predicted molar refractivity (Wildman–Crippen MR) is 45.8 cm³/mol. The highest BCUT2D eigenvalue weighted by Gasteiger charge is 2.53. The van der Waals surface area contributed by atoms with Gasteiger partial charge in [0.15, 0.2) is 0 Å². The maximum atomic E-state index is 10.9. The summed E-state index contributed by atoms with van der Waals surface area (Å²) >= 11 is 0. The van der Waals surface area contributed by atoms with Crippen LogP contribution in [0, 0.1) is 22.7 Å². The second-order valence-corrected chi connectivity index (χ2v) is 4.13. The molecule has 0 aromatic heterocycles. The third-order valence-electron chi connectivity index (χ3n) is 3.33. The van der Waals surface area contributed by atoms with Gasteiger partial charge in [-0.25, -0.2) is 0 Å². The normalized spacial score (nSPS) is 36.8. The van der Waals surface area contributed by atoms with Crippen LogP contribution >= 0.6 is 0 Å². The Balaban J connectivity index is 2.14. The molecule has 0 radical (unpaired) electrons. The number of hydrogen-bond acceptors (Lipinski definition) is 3. The number of ether oxygens (including phenoxy) is 1. The van der Waals surface area contributed by atoms with Gasteiger partial charge in [-0.1, -0.05) is 0 Å². The minimum atomic E-state index is -0.382. The number of nitriles is 1. The molecule has 0 amide bonds. The van der Waals surface area contributed by atoms with Crippen LogP contribution < -0.4 is 0 Å². The Labute approximate surface area is 77.7 Å². The van der Waals surface area contributed by atoms with Crippen LogP contribution in [0.4, 0.5) is 0 Å². The summed E-state index contributed by atoms with van der Waals surface area (Å²) in [6.07, 6.45) is 1.97. The van der Waals surface area contributed by atoms with E-state index in [2.05, 4.69) is 6.07 Å². The largest absolute Gasteiger partial charge is 0.378 e. The minimum Gasteiger partial charge on any atom is -0.378 e. The van der Waals surface area contributed by atoms with Gasteiger partial charge < -0.3 is 4.74 Å². The SMILES string of the molecule is CC1OCCC1C1(C#N)CC(=O)C1. The molecular weight excluding hydrogens is 166 g/mol. The summed E-state index contributed by atoms with van der Waals surface area (Å²) in [5.74, 6) is 0.496. The van der Waals surface area contributed by atoms with Crippen molar-refractivity contribution in [1.82, 2.24) is 0 Å². The van der Waals surface area contributed by atoms with Gasteiger partial charge in [0, 0.05) is 25.4 Å². The van der Waals surface area contributed by atoms with Crippen molar-refractivity contribution in [2.45, 2.75) is 32.3 Å². The third kappa shape index (κ3) is 1.17. The average molecular weight is 179 g/mol. The Morgan fingerprint density at radius 3 is 2.69 bits per heavy atom. The molecular formula is C10H13NO2. The van der Waals surface area contributed by atoms with E-state index in [0.29, 0.717) is 12.8 Å². The first-order chi connectivity index (χ1) is 6.18. The molecule has 2 aliphatic rings. The number of Topliss-reactive ketones (excluding diaryl/α,β-unsaturated/α-hetero) is 1. The van der Waals surface area contributed by atoms with E-state index in [4.69, 9.17) is 10.00 Å². The zero-order valence-electron chi connectivity index (χ0n) is 7.75. The maximum Gasteiger partial charge on any atom is 0.136 e. The highest BCUT2D eigenvalue weighted by molar-refractivity contribution is 5.87. The Kier molecular flexibility index (Phi) is 1.88. The van der Waals surface area contributed by atoms with Crippen molar-refractivity contribution >= 4 is 5.78 Å². The second-order valence-electron chi connectivity index (χ2n) is 4.13. The van der Waals surface area contributed by atoms with Crippen LogP contribution in [0.3, 0.4) is 0 Å². The predicted octanol–water partition coefficient (Wildman–Crippen LogP) is 1.28. The fourth-order valence-electron chi connectivity index (χ4n) is 2.53. The molecule has 2 fully saturated rings. The topological polar surface area (TPSA) is 50.1 Å². The number of hydrogen-bond donors (Lipinski definition) is 0. The lowest BCUT2D eigenvalue weighted by Gasteiger charge is -2.40. The molecule has 1 aliphatic heterocycles. The van der Waals surface area contributed by atoms with E-state index >= 15 is 0 Å². The molecule has 1 saturated carbocycles. The summed E-state index contributed by atoms with van der Waals surface area (Å²) in [6.45, 7) is 2.74. The molecule has 2 rings (SSSR count). The van der Waals surface area contributed by atoms with E-state index in [1.54, 1.807) is 0 Å². The zero-order valence-corrected chi connectivity index (χ0v) is 7.75. The molecule has 70 valence electrons. The van der Waals surface area contributed by atoms with E-state index in [1.807, 2.05) is 6.92 Å². The number of carbonyl (C=O) groups excluding carboxylic acids is 1. The molecule has 0 spiro atoms. The van der Waals surface area contributed by atoms with Gasteiger partial charge in [0.1, 0.15) is 5.78 Å². The summed E-state index contributed by atoms with van der Waals surface area (Å²) in [4.78, 5) is 10.9. The smallest absolute Gasteiger partial charge is 0.136 e. The standard InChI is InChI=1S/C10H13NO2/c1-7-9(2-3-13-7)10(6-11)4-8(12)5-10/h7,9H,2-5H2,1H3. The first-order valence-electron chi connectivity index (χ1n) is 4.72. The first-order valence-corrected chi connectivity index (χ1v) is 4.72. The average Bonchev–Trinajstić information content (AvgIpc) is 2.46. The lowest BCUT2D eigenvalue weighted by molar-refractivity contribution is -0.133. The van der Waals surface area contributed by atoms with Gasteiger partial charge in [0.2, 0.25) is 0 Å². The van der Waals surface area contributed by atoms with Gasteiger partial charge in [0.25, 0.3) is 0 Å². The highest BCUT2D eigenvalue weighted by atomic mass is 16.5. The van der Waals surface area contributed by atoms with E-state index in [0.717, 1.165) is 13.0 Å². The van der Waals surface area contributed by atoms with Gasteiger partial charge in [-0.3, -0.25) is 4.79 Å². The Bertz CT molecular complexity index is 271. The molecule has 2 atom stereocenters. The third-order valence-corrected chi connectivity index (χ3v) is 3.33. The van der Waals surface area contributed by atoms with E-state index in [9.17, 15) is 4.79 Å². The van der Waals surface area contributed by atoms with Gasteiger partial charge in [-0.2, -0.15) is 5.26 Å². The molecule has 13 heavy (non-hydrogen) atoms. The highest BCUT2D eigenvalue weighted by Crippen LogP contribution is 2.49. The van der Waals surface area contributed by atoms with Gasteiger partial charge in [-0.05, 0) is 13.3 Å². The summed E-state index contributed by atoms with van der Waals surface area (Å²) < 4.78 is 5.42. The Hall–Kier alpha value is -0.880. The molecule has 1 heterocycles. The molecule has 0 bridgehead atoms. The lowest BCUT2D eigenvalue weighted by atomic mass is 9.59. The number of carbonyl (C=O) groups is 1. The molecule has 1 aliphatic carbocycles.